The van der Waals surface area contributed by atoms with Gasteiger partial charge in [0.25, 0.3) is 0 Å². The Morgan fingerprint density at radius 2 is 1.85 bits per heavy atom. The molecule has 0 bridgehead atoms. The molecule has 26 heavy (non-hydrogen) atoms. The molecule has 0 saturated heterocycles. The highest BCUT2D eigenvalue weighted by Crippen LogP contribution is 2.29. The Morgan fingerprint density at radius 1 is 1.19 bits per heavy atom. The Morgan fingerprint density at radius 3 is 2.35 bits per heavy atom. The van der Waals surface area contributed by atoms with Crippen molar-refractivity contribution in [2.45, 2.75) is 84.7 Å². The van der Waals surface area contributed by atoms with Crippen LogP contribution in [-0.2, 0) is 14.2 Å². The van der Waals surface area contributed by atoms with Crippen molar-refractivity contribution >= 4 is 8.07 Å². The van der Waals surface area contributed by atoms with Crippen molar-refractivity contribution < 1.29 is 19.3 Å². The molecular weight excluding hydrogens is 344 g/mol. The number of hydrogen-bond acceptors (Lipinski definition) is 4. The molecule has 1 N–H and O–H groups in total. The zero-order chi connectivity index (χ0) is 20.2. The van der Waals surface area contributed by atoms with E-state index in [1.807, 2.05) is 6.92 Å². The highest BCUT2D eigenvalue weighted by Gasteiger charge is 2.32. The van der Waals surface area contributed by atoms with Crippen molar-refractivity contribution in [3.8, 4) is 0 Å². The molecule has 3 atom stereocenters. The van der Waals surface area contributed by atoms with Crippen LogP contribution in [0.5, 0.6) is 0 Å². The molecule has 0 rings (SSSR count). The van der Waals surface area contributed by atoms with Crippen LogP contribution in [0.4, 0.5) is 0 Å². The number of ether oxygens (including phenoxy) is 3. The number of allylic oxidation sites excluding steroid dienone is 1. The molecule has 0 fully saturated rings. The predicted molar refractivity (Wildman–Crippen MR) is 113 cm³/mol. The van der Waals surface area contributed by atoms with Gasteiger partial charge in [0.1, 0.15) is 18.7 Å². The summed E-state index contributed by atoms with van der Waals surface area (Å²) < 4.78 is 16.6. The molecule has 0 saturated carbocycles. The molecule has 0 aromatic rings. The smallest absolute Gasteiger partial charge is 0.146 e. The first-order valence-electron chi connectivity index (χ1n) is 9.94. The molecular formula is C21H42O4Si. The zero-order valence-corrected chi connectivity index (χ0v) is 19.1. The second-order valence-corrected chi connectivity index (χ2v) is 13.2. The standard InChI is InChI=1S/C21H42O4Si/c1-9-11-12-13-20(25-16-23-5)19(21(22)18(4)24-10-2)14-17(3)15-26(6,7)8/h15,19-22H,4,9-14,16H2,1-3,5-8H3/b17-15+/t19-,20+,21-/m1/s1. The van der Waals surface area contributed by atoms with Gasteiger partial charge in [0.15, 0.2) is 0 Å². The molecule has 0 aliphatic carbocycles. The summed E-state index contributed by atoms with van der Waals surface area (Å²) in [6.07, 6.45) is 4.24. The van der Waals surface area contributed by atoms with E-state index in [0.717, 1.165) is 32.1 Å². The summed E-state index contributed by atoms with van der Waals surface area (Å²) in [6.45, 7) is 17.9. The lowest BCUT2D eigenvalue weighted by molar-refractivity contribution is -0.113. The average Bonchev–Trinajstić information content (AvgIpc) is 2.54. The second kappa shape index (κ2) is 13.5. The van der Waals surface area contributed by atoms with Gasteiger partial charge in [-0.1, -0.05) is 63.7 Å². The average molecular weight is 387 g/mol. The fourth-order valence-corrected chi connectivity index (χ4v) is 4.89. The number of rotatable bonds is 15. The fraction of sp³-hybridized carbons (Fsp3) is 0.810. The summed E-state index contributed by atoms with van der Waals surface area (Å²) in [6, 6.07) is 0. The van der Waals surface area contributed by atoms with Crippen LogP contribution in [0.2, 0.25) is 19.6 Å². The summed E-state index contributed by atoms with van der Waals surface area (Å²) in [5.41, 5.74) is 3.70. The van der Waals surface area contributed by atoms with Gasteiger partial charge >= 0.3 is 0 Å². The molecule has 154 valence electrons. The Kier molecular flexibility index (Phi) is 13.2. The lowest BCUT2D eigenvalue weighted by atomic mass is 9.86. The van der Waals surface area contributed by atoms with Crippen molar-refractivity contribution in [2.24, 2.45) is 5.92 Å². The lowest BCUT2D eigenvalue weighted by Crippen LogP contribution is -2.36. The molecule has 0 aromatic carbocycles. The number of aliphatic hydroxyl groups is 1. The van der Waals surface area contributed by atoms with E-state index in [-0.39, 0.29) is 18.8 Å². The van der Waals surface area contributed by atoms with E-state index in [1.54, 1.807) is 7.11 Å². The number of methoxy groups -OCH3 is 1. The molecule has 0 amide bonds. The Hall–Kier alpha value is -0.623. The van der Waals surface area contributed by atoms with E-state index in [1.165, 1.54) is 5.57 Å². The van der Waals surface area contributed by atoms with Crippen molar-refractivity contribution in [2.75, 3.05) is 20.5 Å². The van der Waals surface area contributed by atoms with Crippen LogP contribution in [0, 0.1) is 5.92 Å². The Balaban J connectivity index is 5.44. The highest BCUT2D eigenvalue weighted by atomic mass is 28.3. The summed E-state index contributed by atoms with van der Waals surface area (Å²) >= 11 is 0. The first-order valence-corrected chi connectivity index (χ1v) is 13.5. The van der Waals surface area contributed by atoms with Crippen LogP contribution in [0.25, 0.3) is 0 Å². The maximum Gasteiger partial charge on any atom is 0.146 e. The maximum absolute atomic E-state index is 10.9. The van der Waals surface area contributed by atoms with Crippen LogP contribution in [0.3, 0.4) is 0 Å². The molecule has 0 aliphatic rings. The molecule has 0 spiro atoms. The van der Waals surface area contributed by atoms with Gasteiger partial charge in [0.2, 0.25) is 0 Å². The van der Waals surface area contributed by atoms with Crippen LogP contribution < -0.4 is 0 Å². The molecule has 4 nitrogen and oxygen atoms in total. The van der Waals surface area contributed by atoms with Crippen LogP contribution in [0.15, 0.2) is 23.6 Å². The third kappa shape index (κ3) is 11.2. The van der Waals surface area contributed by atoms with E-state index < -0.39 is 14.2 Å². The van der Waals surface area contributed by atoms with Gasteiger partial charge in [-0.2, -0.15) is 0 Å². The minimum absolute atomic E-state index is 0.0845. The van der Waals surface area contributed by atoms with E-state index >= 15 is 0 Å². The number of unbranched alkanes of at least 4 members (excludes halogenated alkanes) is 2. The largest absolute Gasteiger partial charge is 0.496 e. The van der Waals surface area contributed by atoms with Crippen LogP contribution in [0.1, 0.15) is 52.9 Å². The molecule has 0 heterocycles. The molecule has 0 radical (unpaired) electrons. The van der Waals surface area contributed by atoms with Crippen LogP contribution >= 0.6 is 0 Å². The van der Waals surface area contributed by atoms with E-state index in [9.17, 15) is 5.11 Å². The molecule has 0 aliphatic heterocycles. The Labute approximate surface area is 162 Å². The molecule has 5 heteroatoms. The summed E-state index contributed by atoms with van der Waals surface area (Å²) in [7, 11) is 0.311. The molecule has 0 aromatic heterocycles. The van der Waals surface area contributed by atoms with E-state index in [2.05, 4.69) is 45.8 Å². The normalized spacial score (nSPS) is 16.2. The monoisotopic (exact) mass is 386 g/mol. The first-order chi connectivity index (χ1) is 12.2. The topological polar surface area (TPSA) is 47.9 Å². The quantitative estimate of drug-likeness (QED) is 0.180. The number of hydrogen-bond donors (Lipinski definition) is 1. The summed E-state index contributed by atoms with van der Waals surface area (Å²) in [5.74, 6) is 0.341. The van der Waals surface area contributed by atoms with E-state index in [4.69, 9.17) is 14.2 Å². The predicted octanol–water partition coefficient (Wildman–Crippen LogP) is 5.30. The van der Waals surface area contributed by atoms with Gasteiger partial charge in [0, 0.05) is 13.0 Å². The second-order valence-electron chi connectivity index (χ2n) is 8.18. The minimum atomic E-state index is -1.32. The highest BCUT2D eigenvalue weighted by molar-refractivity contribution is 6.81. The van der Waals surface area contributed by atoms with Crippen molar-refractivity contribution in [1.29, 1.82) is 0 Å². The number of aliphatic hydroxyl groups excluding tert-OH is 1. The third-order valence-corrected chi connectivity index (χ3v) is 5.63. The van der Waals surface area contributed by atoms with Crippen molar-refractivity contribution in [1.82, 2.24) is 0 Å². The molecule has 0 unspecified atom stereocenters. The van der Waals surface area contributed by atoms with Gasteiger partial charge in [-0.25, -0.2) is 0 Å². The SMILES string of the molecule is C=C(OCC)[C@@H](O)[C@H](C/C(C)=C/[Si](C)(C)C)[C@H](CCCCC)OCOC. The minimum Gasteiger partial charge on any atom is -0.496 e. The summed E-state index contributed by atoms with van der Waals surface area (Å²) in [5, 5.41) is 10.9. The van der Waals surface area contributed by atoms with Gasteiger partial charge in [-0.3, -0.25) is 0 Å². The maximum atomic E-state index is 10.9. The lowest BCUT2D eigenvalue weighted by Gasteiger charge is -2.32. The summed E-state index contributed by atoms with van der Waals surface area (Å²) in [4.78, 5) is 0. The van der Waals surface area contributed by atoms with Crippen LogP contribution in [-0.4, -0.2) is 45.9 Å². The third-order valence-electron chi connectivity index (χ3n) is 4.27. The zero-order valence-electron chi connectivity index (χ0n) is 18.1. The van der Waals surface area contributed by atoms with E-state index in [0.29, 0.717) is 12.4 Å². The van der Waals surface area contributed by atoms with Crippen molar-refractivity contribution in [3.63, 3.8) is 0 Å². The van der Waals surface area contributed by atoms with Gasteiger partial charge < -0.3 is 19.3 Å². The Bertz CT molecular complexity index is 415. The first kappa shape index (κ1) is 25.4. The fourth-order valence-electron chi connectivity index (χ4n) is 3.30. The van der Waals surface area contributed by atoms with Gasteiger partial charge in [-0.15, -0.1) is 0 Å². The van der Waals surface area contributed by atoms with Gasteiger partial charge in [0.05, 0.1) is 20.8 Å². The van der Waals surface area contributed by atoms with Gasteiger partial charge in [-0.05, 0) is 26.7 Å². The van der Waals surface area contributed by atoms with Crippen molar-refractivity contribution in [3.05, 3.63) is 23.6 Å².